The Hall–Kier alpha value is -0.240. The van der Waals surface area contributed by atoms with Crippen molar-refractivity contribution in [1.82, 2.24) is 4.72 Å². The molecule has 0 saturated heterocycles. The Morgan fingerprint density at radius 2 is 2.38 bits per heavy atom. The Balaban J connectivity index is 3.18. The van der Waals surface area contributed by atoms with E-state index in [-0.39, 0.29) is 10.7 Å². The molecule has 48 valence electrons. The van der Waals surface area contributed by atoms with E-state index in [1.54, 1.807) is 6.20 Å². The summed E-state index contributed by atoms with van der Waals surface area (Å²) in [4.78, 5) is 0. The molecular formula is C6H13NS. The van der Waals surface area contributed by atoms with Crippen LogP contribution in [0.5, 0.6) is 0 Å². The third kappa shape index (κ3) is 3.93. The fourth-order valence-electron chi connectivity index (χ4n) is 0.423. The summed E-state index contributed by atoms with van der Waals surface area (Å²) < 4.78 is 3.03. The van der Waals surface area contributed by atoms with E-state index in [4.69, 9.17) is 0 Å². The molecule has 0 spiro atoms. The molecule has 0 heterocycles. The first kappa shape index (κ1) is 7.76. The lowest BCUT2D eigenvalue weighted by atomic mass is 10.6. The van der Waals surface area contributed by atoms with Gasteiger partial charge in [-0.25, -0.2) is 0 Å². The average molecular weight is 131 g/mol. The highest BCUT2D eigenvalue weighted by atomic mass is 32.2. The third-order valence-electron chi connectivity index (χ3n) is 0.701. The molecule has 8 heavy (non-hydrogen) atoms. The highest BCUT2D eigenvalue weighted by Crippen LogP contribution is 2.02. The lowest BCUT2D eigenvalue weighted by Crippen LogP contribution is -1.95. The molecule has 1 unspecified atom stereocenters. The van der Waals surface area contributed by atoms with Crippen LogP contribution in [0.25, 0.3) is 0 Å². The highest BCUT2D eigenvalue weighted by molar-refractivity contribution is 8.12. The Labute approximate surface area is 53.9 Å². The number of hydrogen-bond acceptors (Lipinski definition) is 1. The molecule has 1 atom stereocenters. The van der Waals surface area contributed by atoms with Crippen molar-refractivity contribution in [2.24, 2.45) is 0 Å². The second kappa shape index (κ2) is 4.91. The van der Waals surface area contributed by atoms with Crippen LogP contribution in [0.4, 0.5) is 0 Å². The van der Waals surface area contributed by atoms with Crippen LogP contribution in [-0.2, 0) is 0 Å². The van der Waals surface area contributed by atoms with Crippen molar-refractivity contribution < 1.29 is 0 Å². The van der Waals surface area contributed by atoms with Gasteiger partial charge in [0.1, 0.15) is 0 Å². The van der Waals surface area contributed by atoms with Crippen molar-refractivity contribution in [3.8, 4) is 0 Å². The second-order valence-electron chi connectivity index (χ2n) is 1.52. The van der Waals surface area contributed by atoms with Gasteiger partial charge in [-0.15, -0.1) is 10.7 Å². The molecule has 1 nitrogen and oxygen atoms in total. The van der Waals surface area contributed by atoms with E-state index in [2.05, 4.69) is 24.1 Å². The molecule has 0 aromatic rings. The van der Waals surface area contributed by atoms with Crippen LogP contribution in [0, 0.1) is 0 Å². The number of nitrogens with one attached hydrogen (secondary N) is 1. The molecule has 0 amide bonds. The lowest BCUT2D eigenvalue weighted by Gasteiger charge is -2.01. The van der Waals surface area contributed by atoms with E-state index >= 15 is 0 Å². The highest BCUT2D eigenvalue weighted by Gasteiger charge is 1.81. The largest absolute Gasteiger partial charge is 0.343 e. The predicted octanol–water partition coefficient (Wildman–Crippen LogP) is 1.75. The SMILES string of the molecule is C=CNS(=C)CCC. The first-order chi connectivity index (χ1) is 3.81. The fraction of sp³-hybridized carbons (Fsp3) is 0.500. The van der Waals surface area contributed by atoms with Gasteiger partial charge in [-0.1, -0.05) is 19.4 Å². The van der Waals surface area contributed by atoms with Gasteiger partial charge in [-0.3, -0.25) is 0 Å². The van der Waals surface area contributed by atoms with Crippen molar-refractivity contribution >= 4 is 16.5 Å². The normalized spacial score (nSPS) is 12.6. The maximum atomic E-state index is 3.86. The van der Waals surface area contributed by atoms with Crippen molar-refractivity contribution in [2.45, 2.75) is 13.3 Å². The first-order valence-electron chi connectivity index (χ1n) is 2.69. The van der Waals surface area contributed by atoms with Crippen LogP contribution in [0.3, 0.4) is 0 Å². The zero-order chi connectivity index (χ0) is 6.41. The minimum absolute atomic E-state index is 0.112. The molecular weight excluding hydrogens is 118 g/mol. The van der Waals surface area contributed by atoms with Crippen LogP contribution >= 0.6 is 10.7 Å². The monoisotopic (exact) mass is 131 g/mol. The van der Waals surface area contributed by atoms with E-state index in [9.17, 15) is 0 Å². The smallest absolute Gasteiger partial charge is 0.00551 e. The molecule has 0 radical (unpaired) electrons. The van der Waals surface area contributed by atoms with Gasteiger partial charge >= 0.3 is 0 Å². The van der Waals surface area contributed by atoms with Crippen LogP contribution in [0.2, 0.25) is 0 Å². The van der Waals surface area contributed by atoms with Crippen molar-refractivity contribution in [3.05, 3.63) is 12.8 Å². The van der Waals surface area contributed by atoms with Crippen molar-refractivity contribution in [1.29, 1.82) is 0 Å². The van der Waals surface area contributed by atoms with Gasteiger partial charge in [0.2, 0.25) is 0 Å². The Morgan fingerprint density at radius 3 is 2.75 bits per heavy atom. The molecule has 0 aromatic carbocycles. The quantitative estimate of drug-likeness (QED) is 0.573. The van der Waals surface area contributed by atoms with Crippen LogP contribution in [-0.4, -0.2) is 11.6 Å². The molecule has 0 fully saturated rings. The van der Waals surface area contributed by atoms with Gasteiger partial charge in [0.25, 0.3) is 0 Å². The number of hydrogen-bond donors (Lipinski definition) is 1. The van der Waals surface area contributed by atoms with Gasteiger partial charge in [-0.05, 0) is 12.6 Å². The number of rotatable bonds is 4. The summed E-state index contributed by atoms with van der Waals surface area (Å²) in [6, 6.07) is 0. The van der Waals surface area contributed by atoms with Gasteiger partial charge in [0, 0.05) is 5.75 Å². The molecule has 1 N–H and O–H groups in total. The van der Waals surface area contributed by atoms with E-state index in [0.29, 0.717) is 0 Å². The Kier molecular flexibility index (Phi) is 4.76. The maximum absolute atomic E-state index is 3.86. The minimum Gasteiger partial charge on any atom is -0.343 e. The molecule has 2 heteroatoms. The molecule has 0 saturated carbocycles. The molecule has 0 aliphatic carbocycles. The van der Waals surface area contributed by atoms with Crippen LogP contribution in [0.1, 0.15) is 13.3 Å². The van der Waals surface area contributed by atoms with E-state index in [1.807, 2.05) is 0 Å². The van der Waals surface area contributed by atoms with Crippen LogP contribution < -0.4 is 4.72 Å². The van der Waals surface area contributed by atoms with Crippen LogP contribution in [0.15, 0.2) is 12.8 Å². The molecule has 0 rings (SSSR count). The summed E-state index contributed by atoms with van der Waals surface area (Å²) in [6.07, 6.45) is 2.89. The van der Waals surface area contributed by atoms with Gasteiger partial charge in [-0.2, -0.15) is 0 Å². The predicted molar refractivity (Wildman–Crippen MR) is 43.2 cm³/mol. The third-order valence-corrected chi connectivity index (χ3v) is 2.10. The summed E-state index contributed by atoms with van der Waals surface area (Å²) in [7, 11) is 0.112. The van der Waals surface area contributed by atoms with Gasteiger partial charge < -0.3 is 4.72 Å². The maximum Gasteiger partial charge on any atom is 0.00551 e. The molecule has 0 aliphatic heterocycles. The average Bonchev–Trinajstić information content (AvgIpc) is 1.68. The topological polar surface area (TPSA) is 12.0 Å². The first-order valence-corrected chi connectivity index (χ1v) is 4.25. The minimum atomic E-state index is 0.112. The summed E-state index contributed by atoms with van der Waals surface area (Å²) in [5.41, 5.74) is 0. The van der Waals surface area contributed by atoms with Crippen molar-refractivity contribution in [3.63, 3.8) is 0 Å². The van der Waals surface area contributed by atoms with E-state index < -0.39 is 0 Å². The molecule has 0 aliphatic rings. The Bertz CT molecular complexity index is 88.5. The standard InChI is InChI=1S/C6H13NS/c1-4-6-8(3)7-5-2/h5,7H,2-4,6H2,1H3. The Morgan fingerprint density at radius 1 is 1.75 bits per heavy atom. The lowest BCUT2D eigenvalue weighted by molar-refractivity contribution is 1.10. The summed E-state index contributed by atoms with van der Waals surface area (Å²) in [5.74, 6) is 5.01. The fourth-order valence-corrected chi connectivity index (χ4v) is 1.27. The van der Waals surface area contributed by atoms with Gasteiger partial charge in [0.15, 0.2) is 0 Å². The molecule has 0 aromatic heterocycles. The van der Waals surface area contributed by atoms with Gasteiger partial charge in [0.05, 0.1) is 0 Å². The van der Waals surface area contributed by atoms with E-state index in [0.717, 1.165) is 5.75 Å². The summed E-state index contributed by atoms with van der Waals surface area (Å²) in [5, 5.41) is 0. The zero-order valence-corrected chi connectivity index (χ0v) is 6.13. The second-order valence-corrected chi connectivity index (χ2v) is 3.15. The summed E-state index contributed by atoms with van der Waals surface area (Å²) >= 11 is 0. The van der Waals surface area contributed by atoms with E-state index in [1.165, 1.54) is 6.42 Å². The molecule has 0 bridgehead atoms. The summed E-state index contributed by atoms with van der Waals surface area (Å²) in [6.45, 7) is 5.69. The zero-order valence-electron chi connectivity index (χ0n) is 5.31. The van der Waals surface area contributed by atoms with Crippen molar-refractivity contribution in [2.75, 3.05) is 5.75 Å².